The second kappa shape index (κ2) is 8.75. The zero-order chi connectivity index (χ0) is 23.3. The molecule has 176 valence electrons. The maximum absolute atomic E-state index is 12.9. The first-order valence-electron chi connectivity index (χ1n) is 11.7. The third kappa shape index (κ3) is 4.42. The minimum Gasteiger partial charge on any atom is -0.462 e. The number of cyclic esters (lactones) is 1. The molecule has 2 aliphatic carbocycles. The second-order valence-corrected chi connectivity index (χ2v) is 10.4. The summed E-state index contributed by atoms with van der Waals surface area (Å²) in [5, 5.41) is 10.8. The van der Waals surface area contributed by atoms with Crippen LogP contribution in [0, 0.1) is 29.6 Å². The third-order valence-corrected chi connectivity index (χ3v) is 7.63. The number of esters is 2. The summed E-state index contributed by atoms with van der Waals surface area (Å²) in [6, 6.07) is 0. The lowest BCUT2D eigenvalue weighted by atomic mass is 9.57. The van der Waals surface area contributed by atoms with Gasteiger partial charge in [-0.3, -0.25) is 9.59 Å². The number of hydrogen-bond donors (Lipinski definition) is 1. The number of Topliss-reactive ketones (excluding diaryl/α,β-unsaturated/α-hetero) is 1. The predicted molar refractivity (Wildman–Crippen MR) is 115 cm³/mol. The van der Waals surface area contributed by atoms with E-state index in [-0.39, 0.29) is 54.1 Å². The highest BCUT2D eigenvalue weighted by Crippen LogP contribution is 2.53. The Hall–Kier alpha value is -1.99. The fraction of sp³-hybridized carbons (Fsp3) is 0.720. The van der Waals surface area contributed by atoms with E-state index in [4.69, 9.17) is 14.2 Å². The number of fused-ring (bicyclic) bond motifs is 1. The molecule has 4 aliphatic rings. The average molecular weight is 447 g/mol. The van der Waals surface area contributed by atoms with Gasteiger partial charge in [0.2, 0.25) is 0 Å². The molecule has 2 aliphatic heterocycles. The third-order valence-electron chi connectivity index (χ3n) is 7.63. The molecule has 3 fully saturated rings. The van der Waals surface area contributed by atoms with Crippen molar-refractivity contribution in [3.05, 3.63) is 23.8 Å². The summed E-state index contributed by atoms with van der Waals surface area (Å²) < 4.78 is 17.1. The normalized spacial score (nSPS) is 41.9. The van der Waals surface area contributed by atoms with Crippen molar-refractivity contribution in [2.24, 2.45) is 29.6 Å². The molecule has 4 rings (SSSR count). The van der Waals surface area contributed by atoms with E-state index < -0.39 is 24.3 Å². The quantitative estimate of drug-likeness (QED) is 0.380. The van der Waals surface area contributed by atoms with Crippen LogP contribution in [0.15, 0.2) is 23.8 Å². The SMILES string of the molecule is C=C(C)CC(=O)O[C@@H]1C[C@H](C)C[C@@H]2CC(=O)[C@@H](C)[C@H]([C@@H]3O[C@H]3[C@H](O)[C@H]3C=C(C)C(=O)O3)[C@H]21. The van der Waals surface area contributed by atoms with Gasteiger partial charge in [0.15, 0.2) is 0 Å². The summed E-state index contributed by atoms with van der Waals surface area (Å²) >= 11 is 0. The van der Waals surface area contributed by atoms with E-state index in [2.05, 4.69) is 13.5 Å². The molecule has 1 N–H and O–H groups in total. The monoisotopic (exact) mass is 446 g/mol. The molecule has 2 heterocycles. The van der Waals surface area contributed by atoms with Crippen LogP contribution in [0.5, 0.6) is 0 Å². The van der Waals surface area contributed by atoms with E-state index in [1.165, 1.54) is 0 Å². The zero-order valence-electron chi connectivity index (χ0n) is 19.3. The molecule has 2 saturated carbocycles. The van der Waals surface area contributed by atoms with E-state index in [0.717, 1.165) is 18.4 Å². The van der Waals surface area contributed by atoms with Crippen LogP contribution in [0.25, 0.3) is 0 Å². The number of ether oxygens (including phenoxy) is 3. The number of aliphatic hydroxyl groups is 1. The van der Waals surface area contributed by atoms with Crippen molar-refractivity contribution in [2.75, 3.05) is 0 Å². The average Bonchev–Trinajstić information content (AvgIpc) is 3.40. The Kier molecular flexibility index (Phi) is 6.34. The van der Waals surface area contributed by atoms with E-state index >= 15 is 0 Å². The Bertz CT molecular complexity index is 845. The maximum Gasteiger partial charge on any atom is 0.334 e. The van der Waals surface area contributed by atoms with Gasteiger partial charge in [-0.15, -0.1) is 0 Å². The number of ketones is 1. The summed E-state index contributed by atoms with van der Waals surface area (Å²) in [6.07, 6.45) is 1.10. The summed E-state index contributed by atoms with van der Waals surface area (Å²) in [6.45, 7) is 11.3. The molecule has 0 spiro atoms. The molecule has 0 amide bonds. The summed E-state index contributed by atoms with van der Waals surface area (Å²) in [4.78, 5) is 37.1. The lowest BCUT2D eigenvalue weighted by Gasteiger charge is -2.48. The van der Waals surface area contributed by atoms with Gasteiger partial charge in [0.05, 0.1) is 12.5 Å². The molecule has 1 saturated heterocycles. The van der Waals surface area contributed by atoms with Crippen molar-refractivity contribution in [1.29, 1.82) is 0 Å². The first kappa shape index (κ1) is 23.2. The number of carbonyl (C=O) groups excluding carboxylic acids is 3. The molecule has 0 aromatic carbocycles. The molecule has 7 nitrogen and oxygen atoms in total. The fourth-order valence-electron chi connectivity index (χ4n) is 6.13. The van der Waals surface area contributed by atoms with Crippen LogP contribution in [-0.2, 0) is 28.6 Å². The van der Waals surface area contributed by atoms with Gasteiger partial charge in [-0.1, -0.05) is 26.0 Å². The standard InChI is InChI=1S/C25H34O7/c1-11(2)6-19(27)30-17-8-12(3)7-15-10-16(26)14(5)20(21(15)17)23-24(32-23)22(28)18-9-13(4)25(29)31-18/h9,12,14-15,17-18,20-24,28H,1,6-8,10H2,2-5H3/t12-,14-,15-,17-,18-,20+,21-,22-,23+,24+/m1/s1. The number of rotatable bonds is 6. The first-order chi connectivity index (χ1) is 15.1. The number of hydrogen-bond acceptors (Lipinski definition) is 7. The summed E-state index contributed by atoms with van der Waals surface area (Å²) in [7, 11) is 0. The number of epoxide rings is 1. The van der Waals surface area contributed by atoms with Gasteiger partial charge in [-0.05, 0) is 44.6 Å². The van der Waals surface area contributed by atoms with E-state index in [1.54, 1.807) is 19.9 Å². The van der Waals surface area contributed by atoms with Gasteiger partial charge in [0.1, 0.15) is 30.2 Å². The predicted octanol–water partition coefficient (Wildman–Crippen LogP) is 2.75. The van der Waals surface area contributed by atoms with E-state index in [0.29, 0.717) is 17.9 Å². The highest BCUT2D eigenvalue weighted by molar-refractivity contribution is 5.90. The van der Waals surface area contributed by atoms with Gasteiger partial charge in [-0.25, -0.2) is 4.79 Å². The number of aliphatic hydroxyl groups excluding tert-OH is 1. The highest BCUT2D eigenvalue weighted by atomic mass is 16.6. The summed E-state index contributed by atoms with van der Waals surface area (Å²) in [5.41, 5.74) is 1.22. The maximum atomic E-state index is 12.9. The molecule has 0 unspecified atom stereocenters. The van der Waals surface area contributed by atoms with Gasteiger partial charge in [-0.2, -0.15) is 0 Å². The van der Waals surface area contributed by atoms with Gasteiger partial charge in [0.25, 0.3) is 0 Å². The van der Waals surface area contributed by atoms with Crippen LogP contribution >= 0.6 is 0 Å². The van der Waals surface area contributed by atoms with Gasteiger partial charge >= 0.3 is 11.9 Å². The molecular formula is C25H34O7. The molecule has 0 aromatic rings. The first-order valence-corrected chi connectivity index (χ1v) is 11.7. The molecule has 0 bridgehead atoms. The Morgan fingerprint density at radius 3 is 2.62 bits per heavy atom. The van der Waals surface area contributed by atoms with E-state index in [1.807, 2.05) is 6.92 Å². The minimum absolute atomic E-state index is 0.00132. The Morgan fingerprint density at radius 2 is 2.00 bits per heavy atom. The Morgan fingerprint density at radius 1 is 1.28 bits per heavy atom. The molecule has 7 heteroatoms. The van der Waals surface area contributed by atoms with Gasteiger partial charge in [0, 0.05) is 29.7 Å². The van der Waals surface area contributed by atoms with Crippen LogP contribution in [0.3, 0.4) is 0 Å². The molecular weight excluding hydrogens is 412 g/mol. The smallest absolute Gasteiger partial charge is 0.334 e. The molecule has 0 radical (unpaired) electrons. The van der Waals surface area contributed by atoms with Gasteiger partial charge < -0.3 is 19.3 Å². The van der Waals surface area contributed by atoms with Crippen LogP contribution in [0.4, 0.5) is 0 Å². The zero-order valence-corrected chi connectivity index (χ0v) is 19.3. The largest absolute Gasteiger partial charge is 0.462 e. The second-order valence-electron chi connectivity index (χ2n) is 10.4. The molecule has 32 heavy (non-hydrogen) atoms. The molecule has 10 atom stereocenters. The fourth-order valence-corrected chi connectivity index (χ4v) is 6.13. The van der Waals surface area contributed by atoms with Crippen LogP contribution in [0.2, 0.25) is 0 Å². The Labute approximate surface area is 189 Å². The lowest BCUT2D eigenvalue weighted by molar-refractivity contribution is -0.164. The van der Waals surface area contributed by atoms with Crippen molar-refractivity contribution in [3.63, 3.8) is 0 Å². The minimum atomic E-state index is -0.990. The summed E-state index contributed by atoms with van der Waals surface area (Å²) in [5.74, 6) is -0.445. The van der Waals surface area contributed by atoms with Crippen LogP contribution in [0.1, 0.15) is 53.4 Å². The van der Waals surface area contributed by atoms with Crippen molar-refractivity contribution >= 4 is 17.7 Å². The topological polar surface area (TPSA) is 102 Å². The lowest BCUT2D eigenvalue weighted by Crippen LogP contribution is -2.52. The van der Waals surface area contributed by atoms with Crippen LogP contribution in [-0.4, -0.2) is 53.3 Å². The van der Waals surface area contributed by atoms with Crippen molar-refractivity contribution in [2.45, 2.75) is 83.9 Å². The highest BCUT2D eigenvalue weighted by Gasteiger charge is 2.61. The van der Waals surface area contributed by atoms with E-state index in [9.17, 15) is 19.5 Å². The van der Waals surface area contributed by atoms with Crippen molar-refractivity contribution in [3.8, 4) is 0 Å². The van der Waals surface area contributed by atoms with Crippen molar-refractivity contribution < 1.29 is 33.7 Å². The van der Waals surface area contributed by atoms with Crippen molar-refractivity contribution in [1.82, 2.24) is 0 Å². The van der Waals surface area contributed by atoms with Crippen LogP contribution < -0.4 is 0 Å². The Balaban J connectivity index is 1.54. The molecule has 0 aromatic heterocycles. The number of carbonyl (C=O) groups is 3.